The topological polar surface area (TPSA) is 65.0 Å². The van der Waals surface area contributed by atoms with Crippen LogP contribution in [0.4, 0.5) is 0 Å². The predicted molar refractivity (Wildman–Crippen MR) is 109 cm³/mol. The molecule has 3 rings (SSSR count). The molecule has 3 aromatic rings. The van der Waals surface area contributed by atoms with Crippen molar-refractivity contribution in [1.82, 2.24) is 0 Å². The van der Waals surface area contributed by atoms with Gasteiger partial charge in [-0.15, -0.1) is 0 Å². The van der Waals surface area contributed by atoms with Crippen molar-refractivity contribution in [2.24, 2.45) is 0 Å². The number of fused-ring (bicyclic) bond motifs is 1. The third kappa shape index (κ3) is 3.48. The highest BCUT2D eigenvalue weighted by Crippen LogP contribution is 2.46. The van der Waals surface area contributed by atoms with Gasteiger partial charge in [-0.1, -0.05) is 36.4 Å². The summed E-state index contributed by atoms with van der Waals surface area (Å²) in [7, 11) is 4.85. The van der Waals surface area contributed by atoms with Crippen molar-refractivity contribution in [2.75, 3.05) is 21.3 Å². The van der Waals surface area contributed by atoms with E-state index in [-0.39, 0.29) is 6.42 Å². The van der Waals surface area contributed by atoms with Crippen LogP contribution in [-0.2, 0) is 4.79 Å². The molecule has 1 atom stereocenters. The maximum absolute atomic E-state index is 11.7. The molecule has 28 heavy (non-hydrogen) atoms. The molecule has 0 spiro atoms. The second-order valence-corrected chi connectivity index (χ2v) is 6.57. The van der Waals surface area contributed by atoms with Crippen molar-refractivity contribution in [3.8, 4) is 17.2 Å². The van der Waals surface area contributed by atoms with Crippen molar-refractivity contribution >= 4 is 16.7 Å². The third-order valence-electron chi connectivity index (χ3n) is 5.06. The fourth-order valence-electron chi connectivity index (χ4n) is 3.82. The first-order chi connectivity index (χ1) is 13.5. The molecule has 0 saturated heterocycles. The Balaban J connectivity index is 2.32. The van der Waals surface area contributed by atoms with Gasteiger partial charge in [-0.05, 0) is 30.2 Å². The molecule has 5 heteroatoms. The van der Waals surface area contributed by atoms with E-state index in [9.17, 15) is 9.90 Å². The smallest absolute Gasteiger partial charge is 0.304 e. The van der Waals surface area contributed by atoms with E-state index in [0.717, 1.165) is 39.0 Å². The number of benzene rings is 3. The SMILES string of the molecule is COc1ccc(C(CC(=O)O)c2c(C)c(OC)c3ccccc3c2OC)cc1. The highest BCUT2D eigenvalue weighted by molar-refractivity contribution is 5.96. The highest BCUT2D eigenvalue weighted by atomic mass is 16.5. The number of methoxy groups -OCH3 is 3. The lowest BCUT2D eigenvalue weighted by atomic mass is 9.83. The van der Waals surface area contributed by atoms with Crippen molar-refractivity contribution in [3.63, 3.8) is 0 Å². The molecule has 0 radical (unpaired) electrons. The molecule has 3 aromatic carbocycles. The van der Waals surface area contributed by atoms with Gasteiger partial charge < -0.3 is 19.3 Å². The minimum atomic E-state index is -0.880. The Kier molecular flexibility index (Phi) is 5.73. The van der Waals surface area contributed by atoms with Gasteiger partial charge >= 0.3 is 5.97 Å². The Morgan fingerprint density at radius 1 is 0.893 bits per heavy atom. The highest BCUT2D eigenvalue weighted by Gasteiger charge is 2.27. The maximum atomic E-state index is 11.7. The third-order valence-corrected chi connectivity index (χ3v) is 5.06. The van der Waals surface area contributed by atoms with Crippen LogP contribution in [-0.4, -0.2) is 32.4 Å². The van der Waals surface area contributed by atoms with Crippen LogP contribution in [0.3, 0.4) is 0 Å². The Morgan fingerprint density at radius 3 is 1.96 bits per heavy atom. The first-order valence-electron chi connectivity index (χ1n) is 9.00. The molecule has 1 unspecified atom stereocenters. The monoisotopic (exact) mass is 380 g/mol. The second-order valence-electron chi connectivity index (χ2n) is 6.57. The van der Waals surface area contributed by atoms with Crippen LogP contribution in [0, 0.1) is 6.92 Å². The predicted octanol–water partition coefficient (Wildman–Crippen LogP) is 4.78. The summed E-state index contributed by atoms with van der Waals surface area (Å²) in [5.41, 5.74) is 2.58. The van der Waals surface area contributed by atoms with Crippen molar-refractivity contribution in [1.29, 1.82) is 0 Å². The van der Waals surface area contributed by atoms with Gasteiger partial charge in [-0.25, -0.2) is 0 Å². The molecule has 0 heterocycles. The molecule has 0 saturated carbocycles. The Hall–Kier alpha value is -3.21. The summed E-state index contributed by atoms with van der Waals surface area (Å²) in [5, 5.41) is 11.4. The number of carboxylic acid groups (broad SMARTS) is 1. The zero-order valence-corrected chi connectivity index (χ0v) is 16.5. The number of rotatable bonds is 7. The van der Waals surface area contributed by atoms with Gasteiger partial charge in [0.05, 0.1) is 27.8 Å². The van der Waals surface area contributed by atoms with Crippen LogP contribution in [0.2, 0.25) is 0 Å². The quantitative estimate of drug-likeness (QED) is 0.639. The normalized spacial score (nSPS) is 11.9. The van der Waals surface area contributed by atoms with E-state index < -0.39 is 11.9 Å². The van der Waals surface area contributed by atoms with Gasteiger partial charge in [0.25, 0.3) is 0 Å². The summed E-state index contributed by atoms with van der Waals surface area (Å²) < 4.78 is 16.7. The number of carbonyl (C=O) groups is 1. The standard InChI is InChI=1S/C23H24O5/c1-14-21(19(13-20(24)25)15-9-11-16(26-2)12-10-15)23(28-4)18-8-6-5-7-17(18)22(14)27-3/h5-12,19H,13H2,1-4H3,(H,24,25). The molecular weight excluding hydrogens is 356 g/mol. The summed E-state index contributed by atoms with van der Waals surface area (Å²) in [5.74, 6) is 0.857. The van der Waals surface area contributed by atoms with E-state index in [1.54, 1.807) is 21.3 Å². The zero-order chi connectivity index (χ0) is 20.3. The lowest BCUT2D eigenvalue weighted by molar-refractivity contribution is -0.137. The molecular formula is C23H24O5. The van der Waals surface area contributed by atoms with Gasteiger partial charge in [0.1, 0.15) is 17.2 Å². The van der Waals surface area contributed by atoms with E-state index in [1.165, 1.54) is 0 Å². The van der Waals surface area contributed by atoms with Crippen LogP contribution in [0.1, 0.15) is 29.0 Å². The molecule has 0 fully saturated rings. The van der Waals surface area contributed by atoms with Crippen molar-refractivity contribution < 1.29 is 24.1 Å². The molecule has 0 aliphatic heterocycles. The molecule has 1 N–H and O–H groups in total. The number of aliphatic carboxylic acids is 1. The number of hydrogen-bond donors (Lipinski definition) is 1. The molecule has 146 valence electrons. The number of ether oxygens (including phenoxy) is 3. The van der Waals surface area contributed by atoms with Gasteiger partial charge in [-0.2, -0.15) is 0 Å². The van der Waals surface area contributed by atoms with Crippen molar-refractivity contribution in [2.45, 2.75) is 19.3 Å². The van der Waals surface area contributed by atoms with E-state index in [2.05, 4.69) is 0 Å². The summed E-state index contributed by atoms with van der Waals surface area (Å²) in [6, 6.07) is 15.3. The van der Waals surface area contributed by atoms with E-state index in [1.807, 2.05) is 55.5 Å². The minimum absolute atomic E-state index is 0.0645. The molecule has 0 aliphatic carbocycles. The van der Waals surface area contributed by atoms with Gasteiger partial charge in [0, 0.05) is 22.3 Å². The van der Waals surface area contributed by atoms with Gasteiger partial charge in [0.2, 0.25) is 0 Å². The summed E-state index contributed by atoms with van der Waals surface area (Å²) in [6.07, 6.45) is -0.0645. The number of hydrogen-bond acceptors (Lipinski definition) is 4. The zero-order valence-electron chi connectivity index (χ0n) is 16.5. The van der Waals surface area contributed by atoms with Gasteiger partial charge in [-0.3, -0.25) is 4.79 Å². The Bertz CT molecular complexity index is 992. The molecule has 0 bridgehead atoms. The summed E-state index contributed by atoms with van der Waals surface area (Å²) >= 11 is 0. The van der Waals surface area contributed by atoms with E-state index >= 15 is 0 Å². The van der Waals surface area contributed by atoms with Crippen LogP contribution in [0.25, 0.3) is 10.8 Å². The fourth-order valence-corrected chi connectivity index (χ4v) is 3.82. The average Bonchev–Trinajstić information content (AvgIpc) is 2.71. The molecule has 0 aliphatic rings. The first kappa shape index (κ1) is 19.5. The lowest BCUT2D eigenvalue weighted by Gasteiger charge is -2.25. The van der Waals surface area contributed by atoms with E-state index in [4.69, 9.17) is 14.2 Å². The van der Waals surface area contributed by atoms with Gasteiger partial charge in [0.15, 0.2) is 0 Å². The van der Waals surface area contributed by atoms with Crippen LogP contribution in [0.5, 0.6) is 17.2 Å². The van der Waals surface area contributed by atoms with Crippen LogP contribution in [0.15, 0.2) is 48.5 Å². The number of carboxylic acids is 1. The Morgan fingerprint density at radius 2 is 1.46 bits per heavy atom. The Labute approximate surface area is 164 Å². The molecule has 0 amide bonds. The largest absolute Gasteiger partial charge is 0.497 e. The van der Waals surface area contributed by atoms with Crippen molar-refractivity contribution in [3.05, 3.63) is 65.2 Å². The minimum Gasteiger partial charge on any atom is -0.497 e. The average molecular weight is 380 g/mol. The maximum Gasteiger partial charge on any atom is 0.304 e. The molecule has 0 aromatic heterocycles. The van der Waals surface area contributed by atoms with Crippen LogP contribution >= 0.6 is 0 Å². The second kappa shape index (κ2) is 8.21. The summed E-state index contributed by atoms with van der Waals surface area (Å²) in [6.45, 7) is 1.95. The van der Waals surface area contributed by atoms with Crippen LogP contribution < -0.4 is 14.2 Å². The fraction of sp³-hybridized carbons (Fsp3) is 0.261. The first-order valence-corrected chi connectivity index (χ1v) is 9.00. The molecule has 5 nitrogen and oxygen atoms in total. The summed E-state index contributed by atoms with van der Waals surface area (Å²) in [4.78, 5) is 11.7. The van der Waals surface area contributed by atoms with E-state index in [0.29, 0.717) is 5.75 Å². The lowest BCUT2D eigenvalue weighted by Crippen LogP contribution is -2.12.